The average Bonchev–Trinajstić information content (AvgIpc) is 4.30. The molecule has 3 aliphatic carbocycles. The van der Waals surface area contributed by atoms with Crippen molar-refractivity contribution in [2.45, 2.75) is 83.6 Å². The molecule has 0 atom stereocenters. The van der Waals surface area contributed by atoms with Crippen molar-refractivity contribution in [1.82, 2.24) is 50.5 Å². The Morgan fingerprint density at radius 1 is 0.562 bits per heavy atom. The summed E-state index contributed by atoms with van der Waals surface area (Å²) < 4.78 is 0. The van der Waals surface area contributed by atoms with Crippen LogP contribution < -0.4 is 11.1 Å². The molecule has 15 nitrogen and oxygen atoms in total. The van der Waals surface area contributed by atoms with Crippen molar-refractivity contribution in [2.75, 3.05) is 18.5 Å². The second-order valence-electron chi connectivity index (χ2n) is 19.6. The number of pyridine rings is 4. The summed E-state index contributed by atoms with van der Waals surface area (Å²) in [6, 6.07) is 22.4. The van der Waals surface area contributed by atoms with E-state index in [1.807, 2.05) is 61.3 Å². The Labute approximate surface area is 419 Å². The fraction of sp³-hybridized carbons (Fsp3) is 0.259. The lowest BCUT2D eigenvalue weighted by Gasteiger charge is -2.22. The molecule has 73 heavy (non-hydrogen) atoms. The van der Waals surface area contributed by atoms with E-state index >= 15 is 0 Å². The van der Waals surface area contributed by atoms with Gasteiger partial charge in [-0.05, 0) is 153 Å². The molecule has 7 aromatic heterocycles. The molecule has 0 saturated heterocycles. The summed E-state index contributed by atoms with van der Waals surface area (Å²) in [5.41, 5.74) is 27.4. The maximum atomic E-state index is 9.06. The van der Waals surface area contributed by atoms with Crippen molar-refractivity contribution in [3.8, 4) is 22.5 Å². The number of amidine groups is 1. The third kappa shape index (κ3) is 7.91. The molecule has 8 heterocycles. The predicted molar refractivity (Wildman–Crippen MR) is 291 cm³/mol. The molecule has 0 spiro atoms. The number of fused-ring (bicyclic) bond motifs is 16. The van der Waals surface area contributed by atoms with E-state index in [1.165, 1.54) is 93.5 Å². The molecule has 0 unspecified atom stereocenters. The van der Waals surface area contributed by atoms with Gasteiger partial charge in [0.2, 0.25) is 0 Å². The summed E-state index contributed by atoms with van der Waals surface area (Å²) in [6.07, 6.45) is 23.4. The van der Waals surface area contributed by atoms with Crippen LogP contribution in [0.1, 0.15) is 88.7 Å². The highest BCUT2D eigenvalue weighted by molar-refractivity contribution is 6.10. The lowest BCUT2D eigenvalue weighted by Crippen LogP contribution is -2.14. The number of aliphatic hydroxyl groups is 1. The van der Waals surface area contributed by atoms with E-state index in [2.05, 4.69) is 82.3 Å². The van der Waals surface area contributed by atoms with Crippen LogP contribution in [0.25, 0.3) is 87.9 Å². The highest BCUT2D eigenvalue weighted by Crippen LogP contribution is 2.41. The minimum absolute atomic E-state index is 0.0902. The number of aryl methyl sites for hydroxylation is 3. The maximum absolute atomic E-state index is 9.06. The second kappa shape index (κ2) is 18.6. The molecule has 0 saturated carbocycles. The molecule has 0 fully saturated rings. The first kappa shape index (κ1) is 44.5. The normalized spacial score (nSPS) is 14.6. The smallest absolute Gasteiger partial charge is 0.130 e. The van der Waals surface area contributed by atoms with Crippen LogP contribution in [0.4, 0.5) is 5.82 Å². The number of nitrogens with two attached hydrogens (primary N) is 1. The lowest BCUT2D eigenvalue weighted by atomic mass is 9.85. The minimum atomic E-state index is 0.0902. The number of rotatable bonds is 6. The second-order valence-corrected chi connectivity index (χ2v) is 19.6. The van der Waals surface area contributed by atoms with E-state index in [0.717, 1.165) is 128 Å². The molecule has 4 aliphatic rings. The van der Waals surface area contributed by atoms with E-state index in [4.69, 9.17) is 31.2 Å². The van der Waals surface area contributed by atoms with Crippen LogP contribution in [0.2, 0.25) is 0 Å². The third-order valence-corrected chi connectivity index (χ3v) is 15.3. The molecular formula is C58H54N14O. The summed E-state index contributed by atoms with van der Waals surface area (Å²) in [6.45, 7) is 1.35. The summed E-state index contributed by atoms with van der Waals surface area (Å²) >= 11 is 0. The van der Waals surface area contributed by atoms with E-state index < -0.39 is 0 Å². The zero-order chi connectivity index (χ0) is 49.0. The average molecular weight is 963 g/mol. The van der Waals surface area contributed by atoms with Crippen molar-refractivity contribution in [1.29, 1.82) is 5.41 Å². The predicted octanol–water partition coefficient (Wildman–Crippen LogP) is 10.3. The number of aromatic amines is 3. The van der Waals surface area contributed by atoms with E-state index in [-0.39, 0.29) is 12.4 Å². The molecule has 1 aliphatic heterocycles. The molecule has 362 valence electrons. The van der Waals surface area contributed by atoms with Gasteiger partial charge in [-0.3, -0.25) is 30.7 Å². The van der Waals surface area contributed by atoms with Crippen molar-refractivity contribution in [3.63, 3.8) is 0 Å². The minimum Gasteiger partial charge on any atom is -0.395 e. The van der Waals surface area contributed by atoms with E-state index in [1.54, 1.807) is 0 Å². The Morgan fingerprint density at radius 2 is 1.04 bits per heavy atom. The van der Waals surface area contributed by atoms with Gasteiger partial charge in [-0.25, -0.2) is 15.0 Å². The number of hydrogen-bond donors (Lipinski definition) is 7. The van der Waals surface area contributed by atoms with Crippen LogP contribution in [0.3, 0.4) is 0 Å². The van der Waals surface area contributed by atoms with Gasteiger partial charge in [-0.15, -0.1) is 0 Å². The number of benzene rings is 4. The van der Waals surface area contributed by atoms with Crippen LogP contribution in [-0.2, 0) is 45.1 Å². The molecule has 0 radical (unpaired) electrons. The summed E-state index contributed by atoms with van der Waals surface area (Å²) in [7, 11) is 0. The van der Waals surface area contributed by atoms with Crippen LogP contribution in [0, 0.1) is 5.41 Å². The van der Waals surface area contributed by atoms with E-state index in [9.17, 15) is 0 Å². The number of aliphatic hydroxyl groups excluding tert-OH is 1. The fourth-order valence-corrected chi connectivity index (χ4v) is 11.9. The number of anilines is 1. The van der Waals surface area contributed by atoms with Crippen molar-refractivity contribution < 1.29 is 5.11 Å². The van der Waals surface area contributed by atoms with Gasteiger partial charge in [0.05, 0.1) is 81.9 Å². The Morgan fingerprint density at radius 3 is 1.56 bits per heavy atom. The number of nitrogens with zero attached hydrogens (tertiary/aromatic N) is 8. The highest BCUT2D eigenvalue weighted by Gasteiger charge is 2.25. The van der Waals surface area contributed by atoms with Gasteiger partial charge in [0, 0.05) is 73.5 Å². The third-order valence-electron chi connectivity index (χ3n) is 15.3. The first-order valence-electron chi connectivity index (χ1n) is 25.6. The Bertz CT molecular complexity index is 4000. The number of nitrogens with one attached hydrogen (secondary N) is 5. The van der Waals surface area contributed by atoms with Crippen molar-refractivity contribution in [3.05, 3.63) is 142 Å². The van der Waals surface area contributed by atoms with Gasteiger partial charge in [0.1, 0.15) is 11.7 Å². The van der Waals surface area contributed by atoms with E-state index in [0.29, 0.717) is 13.1 Å². The van der Waals surface area contributed by atoms with Crippen LogP contribution in [-0.4, -0.2) is 80.8 Å². The van der Waals surface area contributed by atoms with Gasteiger partial charge < -0.3 is 16.2 Å². The molecule has 0 amide bonds. The number of hydrogen-bond acceptors (Lipinski definition) is 11. The first-order chi connectivity index (χ1) is 36.0. The fourth-order valence-electron chi connectivity index (χ4n) is 11.9. The first-order valence-corrected chi connectivity index (χ1v) is 25.6. The number of aliphatic imine (C=N–C) groups is 1. The number of aromatic nitrogens is 10. The van der Waals surface area contributed by atoms with Crippen molar-refractivity contribution >= 4 is 83.3 Å². The Hall–Kier alpha value is -8.43. The molecule has 0 bridgehead atoms. The SMILES string of the molecule is C1=NCc2ncc(-c3nc4ccc5[nH]ncc5c4c4c3CCCC4)cc21.N=C(N)c1ccc(-c2nc3ccc4[nH]ncc4c3c3c2CCCC3)cc1.OCCNc1nc2ccc3[nH]ncc3c2c2c1CCCC2. The topological polar surface area (TPSA) is 232 Å². The highest BCUT2D eigenvalue weighted by atomic mass is 16.3. The molecule has 15 rings (SSSR count). The summed E-state index contributed by atoms with van der Waals surface area (Å²) in [5, 5.41) is 49.0. The number of H-pyrrole nitrogens is 3. The Kier molecular flexibility index (Phi) is 11.4. The molecule has 8 N–H and O–H groups in total. The zero-order valence-electron chi connectivity index (χ0n) is 40.4. The monoisotopic (exact) mass is 962 g/mol. The molecule has 4 aromatic carbocycles. The van der Waals surface area contributed by atoms with Gasteiger partial charge >= 0.3 is 0 Å². The van der Waals surface area contributed by atoms with Crippen LogP contribution in [0.5, 0.6) is 0 Å². The summed E-state index contributed by atoms with van der Waals surface area (Å²) in [5.74, 6) is 1.03. The zero-order valence-corrected chi connectivity index (χ0v) is 40.4. The maximum Gasteiger partial charge on any atom is 0.130 e. The molecular weight excluding hydrogens is 909 g/mol. The van der Waals surface area contributed by atoms with Crippen LogP contribution in [0.15, 0.2) is 96.5 Å². The molecule has 15 heteroatoms. The standard InChI is InChI=1S/C21H17N5.C21H19N5.C16H18N4O/c1-2-4-15-14(3-1)20-16-10-24-26-17(16)5-6-18(20)25-21(15)13-7-12-8-22-11-19(12)23-9-13;22-21(23)13-7-5-12(6-8-13)20-15-4-2-1-3-14(15)19-16-11-24-26-17(16)9-10-18(19)25-20;21-8-7-17-16-11-4-2-1-3-10(11)15-12-9-18-20-13(12)5-6-14(15)19-16/h5-10H,1-4,11H2,(H,24,26);5-11H,1-4H2,(H3,22,23)(H,24,26);5-6,9,21H,1-4,7-8H2,(H,17,19)(H,18,20). The Balaban J connectivity index is 0.000000107. The quantitative estimate of drug-likeness (QED) is 0.0615. The van der Waals surface area contributed by atoms with Gasteiger partial charge in [-0.2, -0.15) is 15.3 Å². The molecule has 11 aromatic rings. The summed E-state index contributed by atoms with van der Waals surface area (Å²) in [4.78, 5) is 23.9. The van der Waals surface area contributed by atoms with Gasteiger partial charge in [-0.1, -0.05) is 24.3 Å². The van der Waals surface area contributed by atoms with Gasteiger partial charge in [0.25, 0.3) is 0 Å². The lowest BCUT2D eigenvalue weighted by molar-refractivity contribution is 0.311. The largest absolute Gasteiger partial charge is 0.395 e. The van der Waals surface area contributed by atoms with Crippen LogP contribution >= 0.6 is 0 Å². The van der Waals surface area contributed by atoms with Crippen molar-refractivity contribution in [2.24, 2.45) is 10.7 Å². The number of nitrogen functional groups attached to an aromatic ring is 1. The van der Waals surface area contributed by atoms with Gasteiger partial charge in [0.15, 0.2) is 0 Å².